The van der Waals surface area contributed by atoms with Gasteiger partial charge in [0.1, 0.15) is 23.2 Å². The fourth-order valence-corrected chi connectivity index (χ4v) is 4.45. The van der Waals surface area contributed by atoms with Crippen LogP contribution in [-0.2, 0) is 14.3 Å². The Morgan fingerprint density at radius 2 is 1.84 bits per heavy atom. The molecule has 37 heavy (non-hydrogen) atoms. The molecule has 3 aromatic rings. The Bertz CT molecular complexity index is 1290. The van der Waals surface area contributed by atoms with Crippen LogP contribution in [0.3, 0.4) is 0 Å². The third kappa shape index (κ3) is 5.93. The number of rotatable bonds is 7. The van der Waals surface area contributed by atoms with Gasteiger partial charge in [0.15, 0.2) is 0 Å². The van der Waals surface area contributed by atoms with Crippen LogP contribution in [0.4, 0.5) is 16.2 Å². The molecule has 3 heterocycles. The molecular formula is C26H29N5O6. The first-order chi connectivity index (χ1) is 17.7. The second-order valence-corrected chi connectivity index (χ2v) is 9.09. The van der Waals surface area contributed by atoms with E-state index in [4.69, 9.17) is 9.26 Å². The van der Waals surface area contributed by atoms with Crippen molar-refractivity contribution in [2.75, 3.05) is 10.6 Å². The maximum absolute atomic E-state index is 12.9. The van der Waals surface area contributed by atoms with Crippen molar-refractivity contribution in [1.82, 2.24) is 15.1 Å². The number of pyridine rings is 2. The molecule has 0 bridgehead atoms. The van der Waals surface area contributed by atoms with Crippen LogP contribution < -0.4 is 10.6 Å². The van der Waals surface area contributed by atoms with E-state index in [0.717, 1.165) is 18.4 Å². The molecule has 0 aromatic carbocycles. The fraction of sp³-hybridized carbons (Fsp3) is 0.385. The molecule has 4 rings (SSSR count). The van der Waals surface area contributed by atoms with Crippen molar-refractivity contribution in [3.8, 4) is 11.5 Å². The van der Waals surface area contributed by atoms with Gasteiger partial charge in [-0.15, -0.1) is 0 Å². The summed E-state index contributed by atoms with van der Waals surface area (Å²) >= 11 is 0. The van der Waals surface area contributed by atoms with Gasteiger partial charge in [-0.25, -0.2) is 9.78 Å². The molecule has 0 saturated heterocycles. The molecule has 3 aromatic heterocycles. The minimum atomic E-state index is -0.945. The van der Waals surface area contributed by atoms with Gasteiger partial charge in [-0.1, -0.05) is 24.1 Å². The fourth-order valence-electron chi connectivity index (χ4n) is 4.45. The smallest absolute Gasteiger partial charge is 0.412 e. The monoisotopic (exact) mass is 507 g/mol. The summed E-state index contributed by atoms with van der Waals surface area (Å²) in [7, 11) is 0. The highest BCUT2D eigenvalue weighted by molar-refractivity contribution is 5.96. The summed E-state index contributed by atoms with van der Waals surface area (Å²) < 4.78 is 10.9. The highest BCUT2D eigenvalue weighted by Crippen LogP contribution is 2.33. The lowest BCUT2D eigenvalue weighted by atomic mass is 9.78. The summed E-state index contributed by atoms with van der Waals surface area (Å²) in [6, 6.07) is 6.87. The highest BCUT2D eigenvalue weighted by atomic mass is 16.6. The number of aliphatic carboxylic acids is 1. The minimum absolute atomic E-state index is 0.239. The number of carboxylic acids is 1. The molecule has 0 spiro atoms. The number of ether oxygens (including phenoxy) is 1. The Balaban J connectivity index is 1.47. The molecule has 3 N–H and O–H groups in total. The number of hydrogen-bond donors (Lipinski definition) is 3. The second-order valence-electron chi connectivity index (χ2n) is 9.09. The molecule has 1 saturated carbocycles. The Hall–Kier alpha value is -4.28. The van der Waals surface area contributed by atoms with Gasteiger partial charge in [0.05, 0.1) is 23.2 Å². The Labute approximate surface area is 213 Å². The summed E-state index contributed by atoms with van der Waals surface area (Å²) in [6.07, 6.45) is 4.70. The topological polar surface area (TPSA) is 157 Å². The molecule has 1 aliphatic rings. The first-order valence-corrected chi connectivity index (χ1v) is 12.1. The molecular weight excluding hydrogens is 478 g/mol. The van der Waals surface area contributed by atoms with Crippen molar-refractivity contribution in [2.45, 2.75) is 52.6 Å². The summed E-state index contributed by atoms with van der Waals surface area (Å²) in [5.74, 6) is -2.30. The van der Waals surface area contributed by atoms with Crippen LogP contribution >= 0.6 is 0 Å². The van der Waals surface area contributed by atoms with Gasteiger partial charge in [0, 0.05) is 18.0 Å². The molecule has 3 atom stereocenters. The van der Waals surface area contributed by atoms with Crippen molar-refractivity contribution in [3.05, 3.63) is 53.6 Å². The molecule has 1 fully saturated rings. The number of nitrogens with zero attached hydrogens (tertiary/aromatic N) is 3. The van der Waals surface area contributed by atoms with E-state index < -0.39 is 30.0 Å². The van der Waals surface area contributed by atoms with Crippen molar-refractivity contribution >= 4 is 29.3 Å². The Kier molecular flexibility index (Phi) is 7.80. The van der Waals surface area contributed by atoms with E-state index in [9.17, 15) is 19.5 Å². The maximum Gasteiger partial charge on any atom is 0.412 e. The van der Waals surface area contributed by atoms with E-state index in [1.54, 1.807) is 51.4 Å². The number of aryl methyl sites for hydroxylation is 2. The number of carbonyl (C=O) groups excluding carboxylic acids is 2. The van der Waals surface area contributed by atoms with E-state index in [0.29, 0.717) is 41.3 Å². The number of aromatic nitrogens is 3. The van der Waals surface area contributed by atoms with E-state index in [1.165, 1.54) is 0 Å². The average molecular weight is 508 g/mol. The van der Waals surface area contributed by atoms with Crippen LogP contribution in [0, 0.1) is 25.7 Å². The number of hydrogen-bond acceptors (Lipinski definition) is 8. The van der Waals surface area contributed by atoms with Crippen molar-refractivity contribution in [3.63, 3.8) is 0 Å². The molecule has 2 amide bonds. The van der Waals surface area contributed by atoms with Gasteiger partial charge < -0.3 is 19.7 Å². The minimum Gasteiger partial charge on any atom is -0.481 e. The van der Waals surface area contributed by atoms with Gasteiger partial charge in [0.25, 0.3) is 0 Å². The van der Waals surface area contributed by atoms with Crippen LogP contribution in [0.15, 0.2) is 41.2 Å². The van der Waals surface area contributed by atoms with Crippen LogP contribution in [0.5, 0.6) is 0 Å². The first-order valence-electron chi connectivity index (χ1n) is 12.1. The van der Waals surface area contributed by atoms with E-state index >= 15 is 0 Å². The van der Waals surface area contributed by atoms with Crippen LogP contribution in [0.2, 0.25) is 0 Å². The zero-order valence-corrected chi connectivity index (χ0v) is 20.9. The van der Waals surface area contributed by atoms with Crippen LogP contribution in [0.1, 0.15) is 55.7 Å². The van der Waals surface area contributed by atoms with Crippen molar-refractivity contribution in [1.29, 1.82) is 0 Å². The first kappa shape index (κ1) is 25.8. The molecule has 194 valence electrons. The van der Waals surface area contributed by atoms with Crippen LogP contribution in [-0.4, -0.2) is 38.2 Å². The van der Waals surface area contributed by atoms with Gasteiger partial charge in [-0.2, -0.15) is 0 Å². The summed E-state index contributed by atoms with van der Waals surface area (Å²) in [4.78, 5) is 45.6. The Morgan fingerprint density at radius 1 is 1.08 bits per heavy atom. The van der Waals surface area contributed by atoms with Gasteiger partial charge in [-0.05, 0) is 51.8 Å². The summed E-state index contributed by atoms with van der Waals surface area (Å²) in [5.41, 5.74) is 2.87. The standard InChI is InChI=1S/C26H29N5O6/c1-14-20(29-24(32)18-8-4-5-9-19(18)25(33)34)10-11-21(28-14)23-22(15(2)31-37-23)30-26(35)36-16(3)17-7-6-12-27-13-17/h6-7,10-13,16,18-19H,4-5,8-9H2,1-3H3,(H,29,32)(H,30,35)(H,33,34)/t16-,18+,19+/m1/s1. The SMILES string of the molecule is Cc1nc(-c2onc(C)c2NC(=O)O[C@H](C)c2cccnc2)ccc1NC(=O)[C@H]1CCCC[C@@H]1C(=O)O. The molecule has 11 nitrogen and oxygen atoms in total. The lowest BCUT2D eigenvalue weighted by molar-refractivity contribution is -0.147. The molecule has 0 radical (unpaired) electrons. The normalized spacial score (nSPS) is 18.0. The second kappa shape index (κ2) is 11.2. The summed E-state index contributed by atoms with van der Waals surface area (Å²) in [6.45, 7) is 5.13. The molecule has 0 unspecified atom stereocenters. The third-order valence-electron chi connectivity index (χ3n) is 6.52. The van der Waals surface area contributed by atoms with E-state index in [1.807, 2.05) is 6.07 Å². The third-order valence-corrected chi connectivity index (χ3v) is 6.52. The number of carbonyl (C=O) groups is 3. The number of anilines is 2. The Morgan fingerprint density at radius 3 is 2.51 bits per heavy atom. The van der Waals surface area contributed by atoms with E-state index in [2.05, 4.69) is 25.8 Å². The number of carboxylic acid groups (broad SMARTS) is 1. The zero-order chi connectivity index (χ0) is 26.5. The zero-order valence-electron chi connectivity index (χ0n) is 20.9. The quantitative estimate of drug-likeness (QED) is 0.405. The average Bonchev–Trinajstić information content (AvgIpc) is 3.25. The molecule has 0 aliphatic heterocycles. The molecule has 11 heteroatoms. The predicted molar refractivity (Wildman–Crippen MR) is 134 cm³/mol. The van der Waals surface area contributed by atoms with Crippen molar-refractivity contribution < 1.29 is 28.8 Å². The van der Waals surface area contributed by atoms with Gasteiger partial charge in [0.2, 0.25) is 11.7 Å². The number of nitrogens with one attached hydrogen (secondary N) is 2. The lowest BCUT2D eigenvalue weighted by Crippen LogP contribution is -2.36. The highest BCUT2D eigenvalue weighted by Gasteiger charge is 2.36. The molecule has 1 aliphatic carbocycles. The van der Waals surface area contributed by atoms with Crippen LogP contribution in [0.25, 0.3) is 11.5 Å². The number of amides is 2. The summed E-state index contributed by atoms with van der Waals surface area (Å²) in [5, 5.41) is 18.9. The lowest BCUT2D eigenvalue weighted by Gasteiger charge is -2.27. The predicted octanol–water partition coefficient (Wildman–Crippen LogP) is 4.89. The largest absolute Gasteiger partial charge is 0.481 e. The van der Waals surface area contributed by atoms with E-state index in [-0.39, 0.29) is 11.7 Å². The van der Waals surface area contributed by atoms with Crippen molar-refractivity contribution in [2.24, 2.45) is 11.8 Å². The maximum atomic E-state index is 12.9. The van der Waals surface area contributed by atoms with Gasteiger partial charge >= 0.3 is 12.1 Å². The van der Waals surface area contributed by atoms with Gasteiger partial charge in [-0.3, -0.25) is 19.9 Å².